The predicted octanol–water partition coefficient (Wildman–Crippen LogP) is 3.48. The minimum Gasteiger partial charge on any atom is -0.365 e. The number of fused-ring (bicyclic) bond motifs is 3. The van der Waals surface area contributed by atoms with Crippen LogP contribution in [0.25, 0.3) is 11.4 Å². The SMILES string of the molecule is Cn1cc(-c2ncc(C#N)c(N3C[C@@H]4CC[C@H]3CN4c3cccc(C4CC4)c3)n2)cn1. The number of aromatic nitrogens is 4. The number of piperazine rings is 1. The number of anilines is 2. The van der Waals surface area contributed by atoms with Crippen LogP contribution in [0.3, 0.4) is 0 Å². The lowest BCUT2D eigenvalue weighted by Crippen LogP contribution is -2.63. The second kappa shape index (κ2) is 7.09. The number of hydrogen-bond acceptors (Lipinski definition) is 6. The van der Waals surface area contributed by atoms with Crippen LogP contribution >= 0.6 is 0 Å². The molecule has 3 aliphatic heterocycles. The number of nitrogens with zero attached hydrogens (tertiary/aromatic N) is 7. The van der Waals surface area contributed by atoms with Crippen molar-refractivity contribution in [2.24, 2.45) is 7.05 Å². The molecule has 0 amide bonds. The average molecular weight is 412 g/mol. The van der Waals surface area contributed by atoms with Crippen molar-refractivity contribution in [3.8, 4) is 17.5 Å². The molecule has 2 aromatic heterocycles. The summed E-state index contributed by atoms with van der Waals surface area (Å²) in [5.74, 6) is 2.15. The molecule has 1 saturated carbocycles. The Kier molecular flexibility index (Phi) is 4.20. The summed E-state index contributed by atoms with van der Waals surface area (Å²) < 4.78 is 1.74. The fourth-order valence-electron chi connectivity index (χ4n) is 5.12. The van der Waals surface area contributed by atoms with Gasteiger partial charge in [0, 0.05) is 44.1 Å². The Labute approximate surface area is 182 Å². The molecule has 1 aromatic carbocycles. The molecule has 156 valence electrons. The van der Waals surface area contributed by atoms with E-state index in [1.165, 1.54) is 30.5 Å². The van der Waals surface area contributed by atoms with Crippen LogP contribution in [-0.2, 0) is 7.05 Å². The summed E-state index contributed by atoms with van der Waals surface area (Å²) in [6.07, 6.45) is 10.3. The van der Waals surface area contributed by atoms with Gasteiger partial charge in [0.2, 0.25) is 0 Å². The number of hydrogen-bond donors (Lipinski definition) is 0. The Bertz CT molecular complexity index is 1170. The monoisotopic (exact) mass is 411 g/mol. The number of rotatable bonds is 4. The maximum atomic E-state index is 9.72. The highest BCUT2D eigenvalue weighted by Gasteiger charge is 2.40. The fourth-order valence-corrected chi connectivity index (χ4v) is 5.12. The van der Waals surface area contributed by atoms with Gasteiger partial charge in [-0.2, -0.15) is 10.4 Å². The van der Waals surface area contributed by atoms with Crippen molar-refractivity contribution in [3.05, 3.63) is 54.0 Å². The van der Waals surface area contributed by atoms with Gasteiger partial charge in [-0.25, -0.2) is 9.97 Å². The lowest BCUT2D eigenvalue weighted by atomic mass is 9.89. The molecule has 0 unspecified atom stereocenters. The molecule has 5 heterocycles. The summed E-state index contributed by atoms with van der Waals surface area (Å²) in [4.78, 5) is 14.2. The maximum Gasteiger partial charge on any atom is 0.164 e. The van der Waals surface area contributed by atoms with Crippen LogP contribution in [0.2, 0.25) is 0 Å². The second-order valence-electron chi connectivity index (χ2n) is 9.00. The molecule has 0 N–H and O–H groups in total. The molecule has 7 nitrogen and oxygen atoms in total. The molecule has 2 atom stereocenters. The zero-order valence-electron chi connectivity index (χ0n) is 17.6. The Morgan fingerprint density at radius 2 is 1.84 bits per heavy atom. The first kappa shape index (κ1) is 18.4. The lowest BCUT2D eigenvalue weighted by Gasteiger charge is -2.53. The van der Waals surface area contributed by atoms with Gasteiger partial charge in [-0.3, -0.25) is 4.68 Å². The van der Waals surface area contributed by atoms with Crippen molar-refractivity contribution in [1.82, 2.24) is 19.7 Å². The van der Waals surface area contributed by atoms with E-state index in [-0.39, 0.29) is 0 Å². The minimum atomic E-state index is 0.346. The van der Waals surface area contributed by atoms with Crippen molar-refractivity contribution in [1.29, 1.82) is 5.26 Å². The minimum absolute atomic E-state index is 0.346. The molecule has 1 aliphatic carbocycles. The largest absolute Gasteiger partial charge is 0.365 e. The van der Waals surface area contributed by atoms with Crippen molar-refractivity contribution in [3.63, 3.8) is 0 Å². The third-order valence-corrected chi connectivity index (χ3v) is 6.90. The molecule has 7 rings (SSSR count). The smallest absolute Gasteiger partial charge is 0.164 e. The van der Waals surface area contributed by atoms with Crippen molar-refractivity contribution >= 4 is 11.5 Å². The molecule has 0 spiro atoms. The van der Waals surface area contributed by atoms with Crippen LogP contribution in [0.1, 0.15) is 42.7 Å². The van der Waals surface area contributed by atoms with Gasteiger partial charge in [0.1, 0.15) is 11.6 Å². The van der Waals surface area contributed by atoms with Crippen LogP contribution in [0, 0.1) is 11.3 Å². The predicted molar refractivity (Wildman–Crippen MR) is 119 cm³/mol. The van der Waals surface area contributed by atoms with E-state index in [0.29, 0.717) is 23.5 Å². The van der Waals surface area contributed by atoms with Gasteiger partial charge < -0.3 is 9.80 Å². The summed E-state index contributed by atoms with van der Waals surface area (Å²) in [5, 5.41) is 14.0. The Morgan fingerprint density at radius 3 is 2.52 bits per heavy atom. The Hall–Kier alpha value is -3.40. The van der Waals surface area contributed by atoms with Gasteiger partial charge in [-0.15, -0.1) is 0 Å². The van der Waals surface area contributed by atoms with Crippen molar-refractivity contribution < 1.29 is 0 Å². The summed E-state index contributed by atoms with van der Waals surface area (Å²) in [6.45, 7) is 1.85. The molecule has 31 heavy (non-hydrogen) atoms. The lowest BCUT2D eigenvalue weighted by molar-refractivity contribution is 0.332. The van der Waals surface area contributed by atoms with E-state index in [1.807, 2.05) is 13.2 Å². The zero-order chi connectivity index (χ0) is 20.9. The first-order valence-corrected chi connectivity index (χ1v) is 11.1. The molecular weight excluding hydrogens is 386 g/mol. The van der Waals surface area contributed by atoms with Gasteiger partial charge in [0.05, 0.1) is 18.0 Å². The van der Waals surface area contributed by atoms with Gasteiger partial charge >= 0.3 is 0 Å². The molecule has 3 saturated heterocycles. The van der Waals surface area contributed by atoms with Gasteiger partial charge in [-0.1, -0.05) is 12.1 Å². The molecule has 7 heteroatoms. The molecule has 4 fully saturated rings. The van der Waals surface area contributed by atoms with E-state index < -0.39 is 0 Å². The van der Waals surface area contributed by atoms with Crippen LogP contribution in [0.4, 0.5) is 11.5 Å². The molecule has 3 aromatic rings. The van der Waals surface area contributed by atoms with E-state index in [0.717, 1.165) is 36.8 Å². The third-order valence-electron chi connectivity index (χ3n) is 6.90. The maximum absolute atomic E-state index is 9.72. The molecule has 2 bridgehead atoms. The first-order valence-electron chi connectivity index (χ1n) is 11.1. The zero-order valence-corrected chi connectivity index (χ0v) is 17.6. The van der Waals surface area contributed by atoms with E-state index in [2.05, 4.69) is 50.2 Å². The molecule has 4 aliphatic rings. The number of aryl methyl sites for hydroxylation is 1. The Balaban J connectivity index is 1.30. The topological polar surface area (TPSA) is 73.9 Å². The van der Waals surface area contributed by atoms with E-state index in [4.69, 9.17) is 4.98 Å². The summed E-state index contributed by atoms with van der Waals surface area (Å²) >= 11 is 0. The summed E-state index contributed by atoms with van der Waals surface area (Å²) in [6, 6.07) is 12.2. The van der Waals surface area contributed by atoms with Gasteiger partial charge in [0.25, 0.3) is 0 Å². The summed E-state index contributed by atoms with van der Waals surface area (Å²) in [7, 11) is 1.88. The van der Waals surface area contributed by atoms with Crippen LogP contribution in [-0.4, -0.2) is 44.9 Å². The highest BCUT2D eigenvalue weighted by atomic mass is 15.3. The van der Waals surface area contributed by atoms with Gasteiger partial charge in [0.15, 0.2) is 11.6 Å². The first-order chi connectivity index (χ1) is 15.2. The fraction of sp³-hybridized carbons (Fsp3) is 0.417. The average Bonchev–Trinajstić information content (AvgIpc) is 3.59. The Morgan fingerprint density at radius 1 is 1.03 bits per heavy atom. The van der Waals surface area contributed by atoms with Crippen LogP contribution < -0.4 is 9.80 Å². The quantitative estimate of drug-likeness (QED) is 0.654. The van der Waals surface area contributed by atoms with E-state index >= 15 is 0 Å². The third kappa shape index (κ3) is 3.23. The van der Waals surface area contributed by atoms with Crippen molar-refractivity contribution in [2.75, 3.05) is 22.9 Å². The van der Waals surface area contributed by atoms with E-state index in [1.54, 1.807) is 17.1 Å². The molecular formula is C24H25N7. The second-order valence-corrected chi connectivity index (χ2v) is 9.00. The van der Waals surface area contributed by atoms with Gasteiger partial charge in [-0.05, 0) is 49.3 Å². The normalized spacial score (nSPS) is 22.6. The highest BCUT2D eigenvalue weighted by molar-refractivity contribution is 5.63. The van der Waals surface area contributed by atoms with Crippen LogP contribution in [0.15, 0.2) is 42.9 Å². The highest BCUT2D eigenvalue weighted by Crippen LogP contribution is 2.42. The number of benzene rings is 1. The number of nitriles is 1. The molecule has 0 radical (unpaired) electrons. The standard InChI is InChI=1S/C24H25N7/c1-29-13-19(12-27-29)23-26-11-18(10-25)24(28-23)31-15-21-7-8-22(31)14-30(21)20-4-2-3-17(9-20)16-5-6-16/h2-4,9,11-13,16,21-22H,5-8,14-15H2,1H3/t21-,22-/m0/s1. The van der Waals surface area contributed by atoms with E-state index in [9.17, 15) is 5.26 Å². The number of piperidine rings is 2. The summed E-state index contributed by atoms with van der Waals surface area (Å²) in [5.41, 5.74) is 4.24. The van der Waals surface area contributed by atoms with Crippen LogP contribution in [0.5, 0.6) is 0 Å². The van der Waals surface area contributed by atoms with Crippen molar-refractivity contribution in [2.45, 2.75) is 43.7 Å².